The molecular formula is C37H28Cl2N4O4S. The third-order valence-corrected chi connectivity index (χ3v) is 9.98. The number of nitrogens with zero attached hydrogens (tertiary/aromatic N) is 3. The summed E-state index contributed by atoms with van der Waals surface area (Å²) in [5, 5.41) is 15.3. The molecule has 1 aliphatic rings. The molecule has 0 aliphatic carbocycles. The van der Waals surface area contributed by atoms with Crippen molar-refractivity contribution in [1.29, 1.82) is 0 Å². The van der Waals surface area contributed by atoms with Crippen LogP contribution in [0.2, 0.25) is 10.0 Å². The first-order valence-electron chi connectivity index (χ1n) is 15.0. The number of carbonyl (C=O) groups is 1. The highest BCUT2D eigenvalue weighted by Gasteiger charge is 2.33. The van der Waals surface area contributed by atoms with Gasteiger partial charge in [-0.3, -0.25) is 14.2 Å². The number of carbonyl (C=O) groups excluding carboxylic acids is 1. The predicted octanol–water partition coefficient (Wildman–Crippen LogP) is 6.90. The molecule has 7 rings (SSSR count). The van der Waals surface area contributed by atoms with E-state index in [1.807, 2.05) is 66.9 Å². The maximum atomic E-state index is 14.4. The number of ether oxygens (including phenoxy) is 1. The maximum absolute atomic E-state index is 14.4. The molecule has 6 aromatic rings. The van der Waals surface area contributed by atoms with E-state index in [-0.39, 0.29) is 23.0 Å². The number of thiazole rings is 1. The molecule has 2 N–H and O–H groups in total. The van der Waals surface area contributed by atoms with Crippen molar-refractivity contribution in [2.45, 2.75) is 19.5 Å². The van der Waals surface area contributed by atoms with E-state index in [2.05, 4.69) is 9.88 Å². The van der Waals surface area contributed by atoms with Gasteiger partial charge in [-0.15, -0.1) is 0 Å². The molecule has 0 saturated heterocycles. The molecule has 3 heterocycles. The molecule has 0 radical (unpaired) electrons. The van der Waals surface area contributed by atoms with Crippen molar-refractivity contribution in [2.75, 3.05) is 12.4 Å². The van der Waals surface area contributed by atoms with Gasteiger partial charge in [-0.2, -0.15) is 0 Å². The van der Waals surface area contributed by atoms with Gasteiger partial charge < -0.3 is 19.7 Å². The number of fused-ring (bicyclic) bond motifs is 2. The van der Waals surface area contributed by atoms with Gasteiger partial charge in [0, 0.05) is 34.9 Å². The average Bonchev–Trinajstić information content (AvgIpc) is 3.58. The number of phenolic OH excluding ortho intramolecular Hbond substituents is 1. The van der Waals surface area contributed by atoms with Crippen molar-refractivity contribution in [3.63, 3.8) is 0 Å². The summed E-state index contributed by atoms with van der Waals surface area (Å²) in [4.78, 5) is 33.5. The zero-order valence-corrected chi connectivity index (χ0v) is 28.1. The van der Waals surface area contributed by atoms with E-state index < -0.39 is 6.04 Å². The van der Waals surface area contributed by atoms with Gasteiger partial charge in [-0.05, 0) is 66.6 Å². The summed E-state index contributed by atoms with van der Waals surface area (Å²) in [7, 11) is 1.45. The van der Waals surface area contributed by atoms with E-state index in [1.165, 1.54) is 24.5 Å². The van der Waals surface area contributed by atoms with Crippen molar-refractivity contribution in [1.82, 2.24) is 9.13 Å². The van der Waals surface area contributed by atoms with Crippen LogP contribution in [0.4, 0.5) is 5.69 Å². The lowest BCUT2D eigenvalue weighted by molar-refractivity contribution is -0.113. The molecule has 48 heavy (non-hydrogen) atoms. The monoisotopic (exact) mass is 694 g/mol. The van der Waals surface area contributed by atoms with Crippen molar-refractivity contribution in [3.05, 3.63) is 155 Å². The van der Waals surface area contributed by atoms with Crippen LogP contribution in [0.3, 0.4) is 0 Å². The lowest BCUT2D eigenvalue weighted by Crippen LogP contribution is -2.40. The Morgan fingerprint density at radius 2 is 1.79 bits per heavy atom. The molecule has 2 aromatic heterocycles. The number of anilines is 1. The average molecular weight is 696 g/mol. The maximum Gasteiger partial charge on any atom is 0.271 e. The Balaban J connectivity index is 1.37. The molecule has 4 aromatic carbocycles. The lowest BCUT2D eigenvalue weighted by Gasteiger charge is -2.25. The molecule has 1 aliphatic heterocycles. The van der Waals surface area contributed by atoms with Crippen LogP contribution in [0.1, 0.15) is 29.7 Å². The normalized spacial score (nSPS) is 14.6. The summed E-state index contributed by atoms with van der Waals surface area (Å²) in [5.74, 6) is -0.220. The molecule has 0 saturated carbocycles. The number of amides is 1. The number of aromatic nitrogens is 2. The van der Waals surface area contributed by atoms with Gasteiger partial charge in [0.05, 0.1) is 39.0 Å². The standard InChI is InChI=1S/C37H28Cl2N4O4S/c1-21-33(35(45)41-25-8-4-3-5-9-25)34(23-13-15-30(44)31(17-23)47-2)43-36(46)32(48-37(43)40-21)18-24-20-42(29-11-7-6-10-26(24)29)19-22-12-14-27(38)28(39)16-22/h3-18,20,34,44H,19H2,1-2H3,(H,41,45)/b32-18-/t34-/m1/s1. The summed E-state index contributed by atoms with van der Waals surface area (Å²) >= 11 is 13.7. The Kier molecular flexibility index (Phi) is 8.43. The number of allylic oxidation sites excluding steroid dienone is 1. The molecule has 240 valence electrons. The highest BCUT2D eigenvalue weighted by atomic mass is 35.5. The third kappa shape index (κ3) is 5.81. The molecule has 1 atom stereocenters. The summed E-state index contributed by atoms with van der Waals surface area (Å²) in [6.07, 6.45) is 3.88. The van der Waals surface area contributed by atoms with E-state index in [0.717, 1.165) is 22.0 Å². The Labute approximate surface area is 289 Å². The molecule has 11 heteroatoms. The highest BCUT2D eigenvalue weighted by Crippen LogP contribution is 2.36. The van der Waals surface area contributed by atoms with Gasteiger partial charge >= 0.3 is 0 Å². The number of hydrogen-bond acceptors (Lipinski definition) is 6. The van der Waals surface area contributed by atoms with Gasteiger partial charge in [-0.25, -0.2) is 4.99 Å². The van der Waals surface area contributed by atoms with E-state index in [9.17, 15) is 14.7 Å². The van der Waals surface area contributed by atoms with E-state index in [0.29, 0.717) is 48.4 Å². The van der Waals surface area contributed by atoms with Gasteiger partial charge in [-0.1, -0.05) is 83.1 Å². The fourth-order valence-corrected chi connectivity index (χ4v) is 7.37. The van der Waals surface area contributed by atoms with Gasteiger partial charge in [0.2, 0.25) is 0 Å². The van der Waals surface area contributed by atoms with Crippen LogP contribution in [0, 0.1) is 0 Å². The Bertz CT molecular complexity index is 2450. The fourth-order valence-electron chi connectivity index (χ4n) is 6.01. The Morgan fingerprint density at radius 1 is 1.02 bits per heavy atom. The molecule has 0 fully saturated rings. The van der Waals surface area contributed by atoms with Gasteiger partial charge in [0.25, 0.3) is 11.5 Å². The first-order chi connectivity index (χ1) is 23.2. The number of hydrogen-bond donors (Lipinski definition) is 2. The zero-order chi connectivity index (χ0) is 33.5. The predicted molar refractivity (Wildman–Crippen MR) is 191 cm³/mol. The number of methoxy groups -OCH3 is 1. The Morgan fingerprint density at radius 3 is 2.56 bits per heavy atom. The number of benzene rings is 4. The van der Waals surface area contributed by atoms with Gasteiger partial charge in [0.1, 0.15) is 0 Å². The van der Waals surface area contributed by atoms with Crippen LogP contribution in [0.5, 0.6) is 11.5 Å². The van der Waals surface area contributed by atoms with Crippen molar-refractivity contribution in [3.8, 4) is 11.5 Å². The van der Waals surface area contributed by atoms with Crippen molar-refractivity contribution in [2.24, 2.45) is 4.99 Å². The topological polar surface area (TPSA) is 97.9 Å². The number of nitrogens with one attached hydrogen (secondary N) is 1. The van der Waals surface area contributed by atoms with E-state index in [4.69, 9.17) is 32.9 Å². The smallest absolute Gasteiger partial charge is 0.271 e. The zero-order valence-electron chi connectivity index (χ0n) is 25.8. The number of aromatic hydroxyl groups is 1. The minimum absolute atomic E-state index is 0.0538. The summed E-state index contributed by atoms with van der Waals surface area (Å²) in [5.41, 5.74) is 4.52. The largest absolute Gasteiger partial charge is 0.504 e. The van der Waals surface area contributed by atoms with Gasteiger partial charge in [0.15, 0.2) is 16.3 Å². The fraction of sp³-hybridized carbons (Fsp3) is 0.108. The van der Waals surface area contributed by atoms with E-state index in [1.54, 1.807) is 41.8 Å². The number of rotatable bonds is 7. The summed E-state index contributed by atoms with van der Waals surface area (Å²) < 4.78 is 9.51. The molecule has 0 spiro atoms. The minimum atomic E-state index is -0.836. The SMILES string of the molecule is COc1cc([C@@H]2C(C(=O)Nc3ccccc3)=C(C)N=c3s/c(=C\c4cn(Cc5ccc(Cl)c(Cl)c5)c5ccccc45)c(=O)n32)ccc1O. The second-order valence-corrected chi connectivity index (χ2v) is 13.1. The summed E-state index contributed by atoms with van der Waals surface area (Å²) in [6, 6.07) is 26.6. The van der Waals surface area contributed by atoms with Crippen molar-refractivity contribution >= 4 is 63.1 Å². The quantitative estimate of drug-likeness (QED) is 0.190. The number of para-hydroxylation sites is 2. The van der Waals surface area contributed by atoms with Crippen LogP contribution < -0.4 is 24.9 Å². The molecule has 0 unspecified atom stereocenters. The molecule has 0 bridgehead atoms. The Hall–Kier alpha value is -5.09. The first-order valence-corrected chi connectivity index (χ1v) is 16.6. The van der Waals surface area contributed by atoms with E-state index >= 15 is 0 Å². The van der Waals surface area contributed by atoms with Crippen LogP contribution in [-0.2, 0) is 11.3 Å². The molecule has 8 nitrogen and oxygen atoms in total. The lowest BCUT2D eigenvalue weighted by atomic mass is 9.94. The number of phenols is 1. The molecule has 1 amide bonds. The highest BCUT2D eigenvalue weighted by molar-refractivity contribution is 7.07. The second kappa shape index (κ2) is 12.8. The van der Waals surface area contributed by atoms with Crippen LogP contribution in [0.25, 0.3) is 17.0 Å². The van der Waals surface area contributed by atoms with Crippen LogP contribution >= 0.6 is 34.5 Å². The third-order valence-electron chi connectivity index (χ3n) is 8.26. The minimum Gasteiger partial charge on any atom is -0.504 e. The summed E-state index contributed by atoms with van der Waals surface area (Å²) in [6.45, 7) is 2.31. The van der Waals surface area contributed by atoms with Crippen molar-refractivity contribution < 1.29 is 14.6 Å². The molecular weight excluding hydrogens is 667 g/mol. The van der Waals surface area contributed by atoms with Crippen LogP contribution in [0.15, 0.2) is 118 Å². The first kappa shape index (κ1) is 31.5. The second-order valence-electron chi connectivity index (χ2n) is 11.3. The van der Waals surface area contributed by atoms with Crippen LogP contribution in [-0.4, -0.2) is 27.3 Å². The number of halogens is 2.